The summed E-state index contributed by atoms with van der Waals surface area (Å²) in [5.74, 6) is -0.415. The topological polar surface area (TPSA) is 64.3 Å². The van der Waals surface area contributed by atoms with E-state index in [1.54, 1.807) is 32.9 Å². The number of halogens is 2. The zero-order valence-corrected chi connectivity index (χ0v) is 12.6. The Balaban J connectivity index is 2.65. The van der Waals surface area contributed by atoms with Crippen molar-refractivity contribution in [3.8, 4) is 0 Å². The van der Waals surface area contributed by atoms with Crippen LogP contribution in [0.15, 0.2) is 18.2 Å². The molecule has 0 saturated carbocycles. The van der Waals surface area contributed by atoms with Crippen LogP contribution >= 0.6 is 11.6 Å². The molecule has 4 nitrogen and oxygen atoms in total. The van der Waals surface area contributed by atoms with Gasteiger partial charge in [0.15, 0.2) is 0 Å². The summed E-state index contributed by atoms with van der Waals surface area (Å²) in [5.41, 5.74) is 5.45. The van der Waals surface area contributed by atoms with Gasteiger partial charge >= 0.3 is 6.09 Å². The summed E-state index contributed by atoms with van der Waals surface area (Å²) < 4.78 is 18.8. The summed E-state index contributed by atoms with van der Waals surface area (Å²) in [7, 11) is 0. The molecule has 3 N–H and O–H groups in total. The fourth-order valence-electron chi connectivity index (χ4n) is 1.62. The number of carbonyl (C=O) groups excluding carboxylic acids is 1. The third kappa shape index (κ3) is 5.75. The van der Waals surface area contributed by atoms with Gasteiger partial charge in [-0.1, -0.05) is 17.7 Å². The molecule has 0 aromatic heterocycles. The predicted octanol–water partition coefficient (Wildman–Crippen LogP) is 2.87. The Bertz CT molecular complexity index is 475. The number of ether oxygens (including phenoxy) is 1. The minimum atomic E-state index is -0.589. The molecule has 1 rings (SSSR count). The lowest BCUT2D eigenvalue weighted by Crippen LogP contribution is -2.44. The molecular weight excluding hydrogens is 283 g/mol. The first-order chi connectivity index (χ1) is 9.21. The first kappa shape index (κ1) is 16.7. The Labute approximate surface area is 123 Å². The van der Waals surface area contributed by atoms with E-state index in [2.05, 4.69) is 5.32 Å². The van der Waals surface area contributed by atoms with Crippen LogP contribution in [0.3, 0.4) is 0 Å². The molecule has 0 bridgehead atoms. The van der Waals surface area contributed by atoms with Gasteiger partial charge in [0.25, 0.3) is 0 Å². The number of nitrogens with two attached hydrogens (primary N) is 1. The van der Waals surface area contributed by atoms with E-state index in [4.69, 9.17) is 22.1 Å². The van der Waals surface area contributed by atoms with Gasteiger partial charge in [0.1, 0.15) is 11.4 Å². The molecule has 1 unspecified atom stereocenters. The lowest BCUT2D eigenvalue weighted by Gasteiger charge is -2.23. The highest BCUT2D eigenvalue weighted by Gasteiger charge is 2.19. The van der Waals surface area contributed by atoms with Crippen LogP contribution in [0.25, 0.3) is 0 Å². The third-order valence-electron chi connectivity index (χ3n) is 2.49. The molecule has 1 amide bonds. The number of amides is 1. The van der Waals surface area contributed by atoms with E-state index in [0.717, 1.165) is 0 Å². The maximum Gasteiger partial charge on any atom is 0.407 e. The molecule has 0 aliphatic rings. The standard InChI is InChI=1S/C14H20ClFN2O2/c1-14(2,3)20-13(19)18-11(8-17)6-9-4-5-10(15)7-12(9)16/h4-5,7,11H,6,8,17H2,1-3H3,(H,18,19). The van der Waals surface area contributed by atoms with Crippen LogP contribution in [0.4, 0.5) is 9.18 Å². The van der Waals surface area contributed by atoms with E-state index in [1.165, 1.54) is 6.07 Å². The molecule has 20 heavy (non-hydrogen) atoms. The number of hydrogen-bond acceptors (Lipinski definition) is 3. The smallest absolute Gasteiger partial charge is 0.407 e. The second-order valence-electron chi connectivity index (χ2n) is 5.52. The van der Waals surface area contributed by atoms with Gasteiger partial charge in [0.05, 0.1) is 0 Å². The normalized spacial score (nSPS) is 12.9. The van der Waals surface area contributed by atoms with Crippen LogP contribution in [0.1, 0.15) is 26.3 Å². The highest BCUT2D eigenvalue weighted by atomic mass is 35.5. The zero-order valence-electron chi connectivity index (χ0n) is 11.9. The first-order valence-electron chi connectivity index (χ1n) is 6.35. The van der Waals surface area contributed by atoms with Crippen molar-refractivity contribution < 1.29 is 13.9 Å². The number of carbonyl (C=O) groups is 1. The zero-order chi connectivity index (χ0) is 15.3. The summed E-state index contributed by atoms with van der Waals surface area (Å²) in [6, 6.07) is 4.01. The van der Waals surface area contributed by atoms with Crippen molar-refractivity contribution in [3.63, 3.8) is 0 Å². The van der Waals surface area contributed by atoms with Gasteiger partial charge in [-0.05, 0) is 44.9 Å². The molecule has 0 aliphatic carbocycles. The van der Waals surface area contributed by atoms with Gasteiger partial charge in [-0.3, -0.25) is 0 Å². The number of hydrogen-bond donors (Lipinski definition) is 2. The molecule has 0 fully saturated rings. The van der Waals surface area contributed by atoms with Crippen LogP contribution in [0.5, 0.6) is 0 Å². The second kappa shape index (κ2) is 6.90. The largest absolute Gasteiger partial charge is 0.444 e. The number of alkyl carbamates (subject to hydrolysis) is 1. The Morgan fingerprint density at radius 2 is 2.15 bits per heavy atom. The fraction of sp³-hybridized carbons (Fsp3) is 0.500. The Hall–Kier alpha value is -1.33. The van der Waals surface area contributed by atoms with Crippen LogP contribution in [-0.2, 0) is 11.2 Å². The molecule has 1 aromatic carbocycles. The third-order valence-corrected chi connectivity index (χ3v) is 2.72. The Morgan fingerprint density at radius 1 is 1.50 bits per heavy atom. The second-order valence-corrected chi connectivity index (χ2v) is 5.96. The lowest BCUT2D eigenvalue weighted by atomic mass is 10.1. The minimum absolute atomic E-state index is 0.182. The number of nitrogens with one attached hydrogen (secondary N) is 1. The monoisotopic (exact) mass is 302 g/mol. The van der Waals surface area contributed by atoms with E-state index in [-0.39, 0.29) is 13.0 Å². The molecule has 0 spiro atoms. The molecule has 0 heterocycles. The van der Waals surface area contributed by atoms with Gasteiger partial charge < -0.3 is 15.8 Å². The lowest BCUT2D eigenvalue weighted by molar-refractivity contribution is 0.0505. The molecule has 1 aromatic rings. The molecule has 0 saturated heterocycles. The number of rotatable bonds is 4. The molecule has 1 atom stereocenters. The highest BCUT2D eigenvalue weighted by molar-refractivity contribution is 6.30. The van der Waals surface area contributed by atoms with Crippen LogP contribution < -0.4 is 11.1 Å². The van der Waals surface area contributed by atoms with Crippen LogP contribution in [0, 0.1) is 5.82 Å². The quantitative estimate of drug-likeness (QED) is 0.899. The minimum Gasteiger partial charge on any atom is -0.444 e. The maximum absolute atomic E-state index is 13.7. The fourth-order valence-corrected chi connectivity index (χ4v) is 1.78. The van der Waals surface area contributed by atoms with Crippen molar-refractivity contribution in [2.45, 2.75) is 38.8 Å². The van der Waals surface area contributed by atoms with Crippen molar-refractivity contribution in [2.24, 2.45) is 5.73 Å². The van der Waals surface area contributed by atoms with Crippen LogP contribution in [0.2, 0.25) is 5.02 Å². The van der Waals surface area contributed by atoms with Crippen molar-refractivity contribution in [2.75, 3.05) is 6.54 Å². The van der Waals surface area contributed by atoms with Crippen LogP contribution in [-0.4, -0.2) is 24.3 Å². The van der Waals surface area contributed by atoms with Gasteiger partial charge in [0, 0.05) is 17.6 Å². The predicted molar refractivity (Wildman–Crippen MR) is 77.3 cm³/mol. The average molecular weight is 303 g/mol. The molecule has 112 valence electrons. The molecular formula is C14H20ClFN2O2. The maximum atomic E-state index is 13.7. The first-order valence-corrected chi connectivity index (χ1v) is 6.72. The number of benzene rings is 1. The van der Waals surface area contributed by atoms with Crippen molar-refractivity contribution in [3.05, 3.63) is 34.6 Å². The summed E-state index contributed by atoms with van der Waals surface area (Å²) in [4.78, 5) is 11.7. The van der Waals surface area contributed by atoms with E-state index in [1.807, 2.05) is 0 Å². The van der Waals surface area contributed by atoms with E-state index in [9.17, 15) is 9.18 Å². The molecule has 6 heteroatoms. The van der Waals surface area contributed by atoms with Gasteiger partial charge in [-0.25, -0.2) is 9.18 Å². The Kier molecular flexibility index (Phi) is 5.77. The van der Waals surface area contributed by atoms with E-state index >= 15 is 0 Å². The van der Waals surface area contributed by atoms with Crippen molar-refractivity contribution in [1.29, 1.82) is 0 Å². The molecule has 0 aliphatic heterocycles. The van der Waals surface area contributed by atoms with Gasteiger partial charge in [-0.15, -0.1) is 0 Å². The van der Waals surface area contributed by atoms with Crippen molar-refractivity contribution in [1.82, 2.24) is 5.32 Å². The summed E-state index contributed by atoms with van der Waals surface area (Å²) in [6.45, 7) is 5.48. The van der Waals surface area contributed by atoms with Gasteiger partial charge in [-0.2, -0.15) is 0 Å². The Morgan fingerprint density at radius 3 is 2.65 bits per heavy atom. The average Bonchev–Trinajstić information content (AvgIpc) is 2.29. The van der Waals surface area contributed by atoms with Crippen molar-refractivity contribution >= 4 is 17.7 Å². The van der Waals surface area contributed by atoms with E-state index < -0.39 is 23.6 Å². The van der Waals surface area contributed by atoms with Gasteiger partial charge in [0.2, 0.25) is 0 Å². The summed E-state index contributed by atoms with van der Waals surface area (Å²) in [5, 5.41) is 2.96. The SMILES string of the molecule is CC(C)(C)OC(=O)NC(CN)Cc1ccc(Cl)cc1F. The summed E-state index contributed by atoms with van der Waals surface area (Å²) in [6.07, 6.45) is -0.291. The summed E-state index contributed by atoms with van der Waals surface area (Å²) >= 11 is 5.69. The van der Waals surface area contributed by atoms with E-state index in [0.29, 0.717) is 10.6 Å². The molecule has 0 radical (unpaired) electrons. The highest BCUT2D eigenvalue weighted by Crippen LogP contribution is 2.16.